The van der Waals surface area contributed by atoms with E-state index in [-0.39, 0.29) is 12.4 Å². The molecule has 0 unspecified atom stereocenters. The molecule has 2 aromatic rings. The van der Waals surface area contributed by atoms with E-state index in [2.05, 4.69) is 15.9 Å². The first-order valence-corrected chi connectivity index (χ1v) is 7.87. The highest BCUT2D eigenvalue weighted by Crippen LogP contribution is 2.35. The second-order valence-electron chi connectivity index (χ2n) is 4.81. The summed E-state index contributed by atoms with van der Waals surface area (Å²) in [5.41, 5.74) is 1.47. The topological polar surface area (TPSA) is 65.0 Å². The molecule has 2 aromatic carbocycles. The van der Waals surface area contributed by atoms with Gasteiger partial charge in [-0.15, -0.1) is 0 Å². The highest BCUT2D eigenvalue weighted by Gasteiger charge is 2.08. The molecule has 0 fully saturated rings. The minimum absolute atomic E-state index is 0.00778. The summed E-state index contributed by atoms with van der Waals surface area (Å²) in [6.45, 7) is 0.121. The number of hydrogen-bond donors (Lipinski definition) is 1. The van der Waals surface area contributed by atoms with Crippen molar-refractivity contribution in [3.8, 4) is 17.2 Å². The van der Waals surface area contributed by atoms with E-state index in [1.807, 2.05) is 18.2 Å². The van der Waals surface area contributed by atoms with Crippen LogP contribution in [0.5, 0.6) is 17.2 Å². The van der Waals surface area contributed by atoms with Gasteiger partial charge >= 0.3 is 5.97 Å². The van der Waals surface area contributed by atoms with Gasteiger partial charge in [-0.1, -0.05) is 18.2 Å². The summed E-state index contributed by atoms with van der Waals surface area (Å²) in [7, 11) is 3.02. The van der Waals surface area contributed by atoms with Crippen LogP contribution in [-0.2, 0) is 16.1 Å². The normalized spacial score (nSPS) is 10.6. The molecule has 126 valence electrons. The number of aromatic hydroxyl groups is 1. The number of rotatable bonds is 6. The molecule has 0 amide bonds. The van der Waals surface area contributed by atoms with Gasteiger partial charge in [0.2, 0.25) is 0 Å². The molecule has 0 heterocycles. The van der Waals surface area contributed by atoms with Crippen LogP contribution >= 0.6 is 15.9 Å². The third-order valence-corrected chi connectivity index (χ3v) is 3.85. The smallest absolute Gasteiger partial charge is 0.331 e. The molecule has 6 heteroatoms. The molecule has 0 aliphatic rings. The van der Waals surface area contributed by atoms with E-state index in [9.17, 15) is 9.90 Å². The van der Waals surface area contributed by atoms with Gasteiger partial charge in [-0.3, -0.25) is 0 Å². The van der Waals surface area contributed by atoms with Crippen LogP contribution in [-0.4, -0.2) is 25.3 Å². The molecule has 0 atom stereocenters. The van der Waals surface area contributed by atoms with Crippen molar-refractivity contribution in [1.29, 1.82) is 0 Å². The van der Waals surface area contributed by atoms with Gasteiger partial charge in [0.25, 0.3) is 0 Å². The van der Waals surface area contributed by atoms with Crippen molar-refractivity contribution < 1.29 is 24.1 Å². The van der Waals surface area contributed by atoms with E-state index in [0.29, 0.717) is 21.5 Å². The number of ether oxygens (including phenoxy) is 3. The summed E-state index contributed by atoms with van der Waals surface area (Å²) in [5, 5.41) is 9.76. The summed E-state index contributed by atoms with van der Waals surface area (Å²) in [6, 6.07) is 10.6. The number of benzene rings is 2. The predicted octanol–water partition coefficient (Wildman–Crippen LogP) is 3.93. The molecule has 5 nitrogen and oxygen atoms in total. The maximum absolute atomic E-state index is 11.9. The number of halogens is 1. The lowest BCUT2D eigenvalue weighted by Gasteiger charge is -2.08. The molecule has 0 bridgehead atoms. The van der Waals surface area contributed by atoms with Gasteiger partial charge in [0.1, 0.15) is 12.4 Å². The number of phenols is 1. The van der Waals surface area contributed by atoms with Gasteiger partial charge in [-0.2, -0.15) is 0 Å². The van der Waals surface area contributed by atoms with Gasteiger partial charge in [0.05, 0.1) is 18.7 Å². The lowest BCUT2D eigenvalue weighted by atomic mass is 10.2. The molecule has 0 spiro atoms. The molecule has 0 aliphatic carbocycles. The fourth-order valence-electron chi connectivity index (χ4n) is 2.03. The fraction of sp³-hybridized carbons (Fsp3) is 0.167. The number of carbonyl (C=O) groups is 1. The Labute approximate surface area is 148 Å². The van der Waals surface area contributed by atoms with E-state index < -0.39 is 5.97 Å². The van der Waals surface area contributed by atoms with Gasteiger partial charge < -0.3 is 19.3 Å². The van der Waals surface area contributed by atoms with Crippen LogP contribution in [0.25, 0.3) is 6.08 Å². The van der Waals surface area contributed by atoms with Crippen molar-refractivity contribution in [3.63, 3.8) is 0 Å². The maximum Gasteiger partial charge on any atom is 0.331 e. The van der Waals surface area contributed by atoms with Crippen LogP contribution < -0.4 is 9.47 Å². The van der Waals surface area contributed by atoms with Crippen LogP contribution in [0.2, 0.25) is 0 Å². The van der Waals surface area contributed by atoms with Crippen LogP contribution in [0.1, 0.15) is 11.1 Å². The Balaban J connectivity index is 2.02. The molecule has 0 aromatic heterocycles. The zero-order valence-corrected chi connectivity index (χ0v) is 14.9. The summed E-state index contributed by atoms with van der Waals surface area (Å²) < 4.78 is 15.9. The van der Waals surface area contributed by atoms with Crippen LogP contribution in [0.3, 0.4) is 0 Å². The van der Waals surface area contributed by atoms with E-state index in [4.69, 9.17) is 14.2 Å². The lowest BCUT2D eigenvalue weighted by Crippen LogP contribution is -2.02. The van der Waals surface area contributed by atoms with Crippen molar-refractivity contribution in [1.82, 2.24) is 0 Å². The Kier molecular flexibility index (Phi) is 6.26. The van der Waals surface area contributed by atoms with Crippen LogP contribution in [0, 0.1) is 0 Å². The van der Waals surface area contributed by atoms with Crippen LogP contribution in [0.15, 0.2) is 46.9 Å². The number of methoxy groups -OCH3 is 2. The Hall–Kier alpha value is -2.47. The Morgan fingerprint density at radius 3 is 2.58 bits per heavy atom. The Bertz CT molecular complexity index is 755. The first kappa shape index (κ1) is 17.9. The monoisotopic (exact) mass is 392 g/mol. The summed E-state index contributed by atoms with van der Waals surface area (Å²) in [5.74, 6) is 0.505. The minimum Gasteiger partial charge on any atom is -0.503 e. The van der Waals surface area contributed by atoms with Crippen molar-refractivity contribution >= 4 is 28.0 Å². The lowest BCUT2D eigenvalue weighted by molar-refractivity contribution is -0.138. The van der Waals surface area contributed by atoms with E-state index in [1.165, 1.54) is 13.2 Å². The quantitative estimate of drug-likeness (QED) is 0.595. The zero-order valence-electron chi connectivity index (χ0n) is 13.3. The highest BCUT2D eigenvalue weighted by atomic mass is 79.9. The van der Waals surface area contributed by atoms with Gasteiger partial charge in [-0.05, 0) is 45.8 Å². The third kappa shape index (κ3) is 4.52. The summed E-state index contributed by atoms with van der Waals surface area (Å²) >= 11 is 3.23. The van der Waals surface area contributed by atoms with Gasteiger partial charge in [0, 0.05) is 11.6 Å². The average Bonchev–Trinajstić information content (AvgIpc) is 2.60. The van der Waals surface area contributed by atoms with E-state index >= 15 is 0 Å². The minimum atomic E-state index is -0.482. The first-order valence-electron chi connectivity index (χ1n) is 7.08. The molecule has 0 radical (unpaired) electrons. The van der Waals surface area contributed by atoms with Gasteiger partial charge in [0.15, 0.2) is 11.5 Å². The predicted molar refractivity (Wildman–Crippen MR) is 94.2 cm³/mol. The Morgan fingerprint density at radius 1 is 1.17 bits per heavy atom. The highest BCUT2D eigenvalue weighted by molar-refractivity contribution is 9.10. The fourth-order valence-corrected chi connectivity index (χ4v) is 2.49. The Morgan fingerprint density at radius 2 is 1.88 bits per heavy atom. The van der Waals surface area contributed by atoms with Gasteiger partial charge in [-0.25, -0.2) is 4.79 Å². The standard InChI is InChI=1S/C18H17BrO5/c1-22-15-6-4-3-5-13(15)11-24-17(20)8-7-12-9-14(19)18(21)16(10-12)23-2/h3-10,21H,11H2,1-2H3/b8-7+. The largest absolute Gasteiger partial charge is 0.503 e. The average molecular weight is 393 g/mol. The van der Waals surface area contributed by atoms with Crippen molar-refractivity contribution in [3.05, 3.63) is 58.1 Å². The second-order valence-corrected chi connectivity index (χ2v) is 5.66. The third-order valence-electron chi connectivity index (χ3n) is 3.24. The number of phenolic OH excluding ortho intramolecular Hbond substituents is 1. The second kappa shape index (κ2) is 8.40. The number of hydrogen-bond acceptors (Lipinski definition) is 5. The molecule has 1 N–H and O–H groups in total. The molecular weight excluding hydrogens is 376 g/mol. The number of para-hydroxylation sites is 1. The number of carbonyl (C=O) groups excluding carboxylic acids is 1. The van der Waals surface area contributed by atoms with Crippen molar-refractivity contribution in [2.45, 2.75) is 6.61 Å². The van der Waals surface area contributed by atoms with Crippen molar-refractivity contribution in [2.75, 3.05) is 14.2 Å². The molecular formula is C18H17BrO5. The SMILES string of the molecule is COc1ccccc1COC(=O)/C=C/c1cc(Br)c(O)c(OC)c1. The molecule has 0 saturated heterocycles. The molecule has 2 rings (SSSR count). The van der Waals surface area contributed by atoms with E-state index in [0.717, 1.165) is 5.56 Å². The molecule has 0 saturated carbocycles. The summed E-state index contributed by atoms with van der Waals surface area (Å²) in [6.07, 6.45) is 2.89. The van der Waals surface area contributed by atoms with Crippen LogP contribution in [0.4, 0.5) is 0 Å². The molecule has 24 heavy (non-hydrogen) atoms. The number of esters is 1. The van der Waals surface area contributed by atoms with Crippen molar-refractivity contribution in [2.24, 2.45) is 0 Å². The molecule has 0 aliphatic heterocycles. The zero-order chi connectivity index (χ0) is 17.5. The van der Waals surface area contributed by atoms with E-state index in [1.54, 1.807) is 31.4 Å². The maximum atomic E-state index is 11.9. The summed E-state index contributed by atoms with van der Waals surface area (Å²) in [4.78, 5) is 11.9. The first-order chi connectivity index (χ1) is 11.5.